The molecule has 72 valence electrons. The molecular formula is C10H13BrO2. The van der Waals surface area contributed by atoms with Crippen LogP contribution in [0.2, 0.25) is 0 Å². The molecule has 0 spiro atoms. The van der Waals surface area contributed by atoms with Gasteiger partial charge in [-0.2, -0.15) is 0 Å². The van der Waals surface area contributed by atoms with Crippen LogP contribution in [-0.4, -0.2) is 13.4 Å². The van der Waals surface area contributed by atoms with E-state index in [1.165, 1.54) is 0 Å². The Bertz CT molecular complexity index is 274. The van der Waals surface area contributed by atoms with Gasteiger partial charge in [-0.15, -0.1) is 0 Å². The Labute approximate surface area is 87.0 Å². The molecule has 0 bridgehead atoms. The van der Waals surface area contributed by atoms with Gasteiger partial charge in [-0.05, 0) is 37.6 Å². The smallest absolute Gasteiger partial charge is 0.189 e. The average Bonchev–Trinajstić information content (AvgIpc) is 2.12. The zero-order valence-electron chi connectivity index (χ0n) is 7.84. The minimum Gasteiger partial charge on any atom is -0.468 e. The van der Waals surface area contributed by atoms with Crippen LogP contribution in [0.1, 0.15) is 12.5 Å². The van der Waals surface area contributed by atoms with E-state index < -0.39 is 0 Å². The molecule has 0 aliphatic rings. The Hall–Kier alpha value is -0.540. The summed E-state index contributed by atoms with van der Waals surface area (Å²) in [5, 5.41) is 0. The van der Waals surface area contributed by atoms with E-state index in [1.54, 1.807) is 0 Å². The van der Waals surface area contributed by atoms with Gasteiger partial charge in [0.1, 0.15) is 5.75 Å². The normalized spacial score (nSPS) is 10.1. The summed E-state index contributed by atoms with van der Waals surface area (Å²) in [6, 6.07) is 5.86. The van der Waals surface area contributed by atoms with Crippen LogP contribution in [0.5, 0.6) is 5.75 Å². The summed E-state index contributed by atoms with van der Waals surface area (Å²) in [6.45, 7) is 4.96. The van der Waals surface area contributed by atoms with Crippen LogP contribution in [-0.2, 0) is 4.74 Å². The van der Waals surface area contributed by atoms with E-state index in [2.05, 4.69) is 15.9 Å². The van der Waals surface area contributed by atoms with Crippen LogP contribution in [0.3, 0.4) is 0 Å². The molecule has 0 saturated heterocycles. The Morgan fingerprint density at radius 3 is 2.77 bits per heavy atom. The standard InChI is InChI=1S/C10H13BrO2/c1-3-12-7-13-9-4-5-10(11)8(2)6-9/h4-6H,3,7H2,1-2H3. The van der Waals surface area contributed by atoms with E-state index >= 15 is 0 Å². The second-order valence-corrected chi connectivity index (χ2v) is 3.52. The molecule has 0 aliphatic carbocycles. The van der Waals surface area contributed by atoms with Crippen molar-refractivity contribution in [1.29, 1.82) is 0 Å². The van der Waals surface area contributed by atoms with E-state index in [1.807, 2.05) is 32.0 Å². The summed E-state index contributed by atoms with van der Waals surface area (Å²) < 4.78 is 11.5. The fourth-order valence-corrected chi connectivity index (χ4v) is 1.15. The van der Waals surface area contributed by atoms with Gasteiger partial charge in [0.2, 0.25) is 0 Å². The highest BCUT2D eigenvalue weighted by molar-refractivity contribution is 9.10. The van der Waals surface area contributed by atoms with E-state index in [4.69, 9.17) is 9.47 Å². The lowest BCUT2D eigenvalue weighted by Crippen LogP contribution is -2.01. The molecule has 0 radical (unpaired) electrons. The molecule has 0 aliphatic heterocycles. The summed E-state index contributed by atoms with van der Waals surface area (Å²) >= 11 is 3.42. The zero-order valence-corrected chi connectivity index (χ0v) is 9.43. The predicted octanol–water partition coefficient (Wildman–Crippen LogP) is 3.13. The van der Waals surface area contributed by atoms with Crippen molar-refractivity contribution in [2.75, 3.05) is 13.4 Å². The highest BCUT2D eigenvalue weighted by atomic mass is 79.9. The molecule has 13 heavy (non-hydrogen) atoms. The highest BCUT2D eigenvalue weighted by Crippen LogP contribution is 2.21. The maximum Gasteiger partial charge on any atom is 0.189 e. The predicted molar refractivity (Wildman–Crippen MR) is 56.0 cm³/mol. The van der Waals surface area contributed by atoms with Crippen molar-refractivity contribution in [3.05, 3.63) is 28.2 Å². The maximum atomic E-state index is 5.34. The highest BCUT2D eigenvalue weighted by Gasteiger charge is 1.97. The molecule has 0 atom stereocenters. The van der Waals surface area contributed by atoms with E-state index in [0.717, 1.165) is 15.8 Å². The molecule has 1 aromatic rings. The van der Waals surface area contributed by atoms with Gasteiger partial charge in [-0.3, -0.25) is 0 Å². The van der Waals surface area contributed by atoms with Crippen LogP contribution in [0.15, 0.2) is 22.7 Å². The largest absolute Gasteiger partial charge is 0.468 e. The number of hydrogen-bond donors (Lipinski definition) is 0. The third-order valence-electron chi connectivity index (χ3n) is 1.64. The van der Waals surface area contributed by atoms with Crippen molar-refractivity contribution in [3.63, 3.8) is 0 Å². The number of ether oxygens (including phenoxy) is 2. The van der Waals surface area contributed by atoms with Gasteiger partial charge >= 0.3 is 0 Å². The number of benzene rings is 1. The van der Waals surface area contributed by atoms with Crippen molar-refractivity contribution in [3.8, 4) is 5.75 Å². The van der Waals surface area contributed by atoms with Crippen molar-refractivity contribution in [2.24, 2.45) is 0 Å². The average molecular weight is 245 g/mol. The summed E-state index contributed by atoms with van der Waals surface area (Å²) in [5.74, 6) is 0.842. The zero-order chi connectivity index (χ0) is 9.68. The summed E-state index contributed by atoms with van der Waals surface area (Å²) in [6.07, 6.45) is 0. The first-order chi connectivity index (χ1) is 6.24. The van der Waals surface area contributed by atoms with Crippen molar-refractivity contribution < 1.29 is 9.47 Å². The third kappa shape index (κ3) is 3.36. The second kappa shape index (κ2) is 5.25. The Balaban J connectivity index is 2.53. The molecule has 0 N–H and O–H groups in total. The van der Waals surface area contributed by atoms with Gasteiger partial charge in [0.25, 0.3) is 0 Å². The molecule has 0 aromatic heterocycles. The monoisotopic (exact) mass is 244 g/mol. The van der Waals surface area contributed by atoms with Gasteiger partial charge in [0.15, 0.2) is 6.79 Å². The molecule has 3 heteroatoms. The molecular weight excluding hydrogens is 232 g/mol. The van der Waals surface area contributed by atoms with Crippen molar-refractivity contribution in [2.45, 2.75) is 13.8 Å². The molecule has 0 amide bonds. The molecule has 0 heterocycles. The lowest BCUT2D eigenvalue weighted by Gasteiger charge is -2.06. The van der Waals surface area contributed by atoms with Gasteiger partial charge < -0.3 is 9.47 Å². The fraction of sp³-hybridized carbons (Fsp3) is 0.400. The van der Waals surface area contributed by atoms with E-state index in [-0.39, 0.29) is 0 Å². The maximum absolute atomic E-state index is 5.34. The Kier molecular flexibility index (Phi) is 4.25. The van der Waals surface area contributed by atoms with Crippen LogP contribution in [0.4, 0.5) is 0 Å². The third-order valence-corrected chi connectivity index (χ3v) is 2.53. The van der Waals surface area contributed by atoms with Crippen LogP contribution in [0, 0.1) is 6.92 Å². The van der Waals surface area contributed by atoms with Crippen LogP contribution >= 0.6 is 15.9 Å². The van der Waals surface area contributed by atoms with Crippen LogP contribution < -0.4 is 4.74 Å². The van der Waals surface area contributed by atoms with E-state index in [9.17, 15) is 0 Å². The van der Waals surface area contributed by atoms with Crippen molar-refractivity contribution in [1.82, 2.24) is 0 Å². The minimum atomic E-state index is 0.317. The number of rotatable bonds is 4. The summed E-state index contributed by atoms with van der Waals surface area (Å²) in [4.78, 5) is 0. The lowest BCUT2D eigenvalue weighted by atomic mass is 10.2. The first kappa shape index (κ1) is 10.5. The van der Waals surface area contributed by atoms with Gasteiger partial charge in [0, 0.05) is 11.1 Å². The van der Waals surface area contributed by atoms with Gasteiger partial charge in [0.05, 0.1) is 0 Å². The molecule has 0 saturated carbocycles. The first-order valence-corrected chi connectivity index (χ1v) is 5.00. The molecule has 0 fully saturated rings. The lowest BCUT2D eigenvalue weighted by molar-refractivity contribution is 0.0224. The van der Waals surface area contributed by atoms with Gasteiger partial charge in [-0.25, -0.2) is 0 Å². The Morgan fingerprint density at radius 2 is 2.15 bits per heavy atom. The molecule has 1 rings (SSSR count). The summed E-state index contributed by atoms with van der Waals surface area (Å²) in [5.41, 5.74) is 1.16. The number of halogens is 1. The minimum absolute atomic E-state index is 0.317. The fourth-order valence-electron chi connectivity index (χ4n) is 0.900. The molecule has 2 nitrogen and oxygen atoms in total. The quantitative estimate of drug-likeness (QED) is 0.599. The molecule has 1 aromatic carbocycles. The number of hydrogen-bond acceptors (Lipinski definition) is 2. The van der Waals surface area contributed by atoms with E-state index in [0.29, 0.717) is 13.4 Å². The second-order valence-electron chi connectivity index (χ2n) is 2.67. The SMILES string of the molecule is CCOCOc1ccc(Br)c(C)c1. The first-order valence-electron chi connectivity index (χ1n) is 4.20. The van der Waals surface area contributed by atoms with Crippen molar-refractivity contribution >= 4 is 15.9 Å². The Morgan fingerprint density at radius 1 is 1.38 bits per heavy atom. The topological polar surface area (TPSA) is 18.5 Å². The van der Waals surface area contributed by atoms with Gasteiger partial charge in [-0.1, -0.05) is 15.9 Å². The summed E-state index contributed by atoms with van der Waals surface area (Å²) in [7, 11) is 0. The number of aryl methyl sites for hydroxylation is 1. The molecule has 0 unspecified atom stereocenters. The van der Waals surface area contributed by atoms with Crippen LogP contribution in [0.25, 0.3) is 0 Å².